The summed E-state index contributed by atoms with van der Waals surface area (Å²) in [5, 5.41) is 1.00. The molecular weight excluding hydrogens is 268 g/mol. The summed E-state index contributed by atoms with van der Waals surface area (Å²) in [6.45, 7) is 8.24. The van der Waals surface area contributed by atoms with E-state index in [9.17, 15) is 0 Å². The van der Waals surface area contributed by atoms with E-state index in [-0.39, 0.29) is 5.41 Å². The molecule has 0 unspecified atom stereocenters. The Balaban J connectivity index is 1.87. The second-order valence-corrected chi connectivity index (χ2v) is 7.04. The van der Waals surface area contributed by atoms with Crippen molar-refractivity contribution in [3.8, 4) is 0 Å². The summed E-state index contributed by atoms with van der Waals surface area (Å²) in [7, 11) is 0. The van der Waals surface area contributed by atoms with Gasteiger partial charge in [0, 0.05) is 35.7 Å². The molecule has 0 bridgehead atoms. The maximum absolute atomic E-state index is 6.10. The highest BCUT2D eigenvalue weighted by atomic mass is 32.1. The third kappa shape index (κ3) is 2.38. The molecule has 5 heteroatoms. The van der Waals surface area contributed by atoms with Crippen molar-refractivity contribution in [3.63, 3.8) is 0 Å². The van der Waals surface area contributed by atoms with Crippen molar-refractivity contribution in [2.45, 2.75) is 39.2 Å². The van der Waals surface area contributed by atoms with E-state index in [2.05, 4.69) is 36.1 Å². The van der Waals surface area contributed by atoms with E-state index in [1.54, 1.807) is 0 Å². The first-order valence-electron chi connectivity index (χ1n) is 6.90. The van der Waals surface area contributed by atoms with Gasteiger partial charge >= 0.3 is 0 Å². The predicted octanol–water partition coefficient (Wildman–Crippen LogP) is 2.98. The number of hydrogen-bond donors (Lipinski definition) is 1. The average molecular weight is 288 g/mol. The first kappa shape index (κ1) is 13.4. The lowest BCUT2D eigenvalue weighted by atomic mass is 9.96. The Bertz CT molecular complexity index is 627. The minimum absolute atomic E-state index is 0.00146. The zero-order chi connectivity index (χ0) is 14.3. The largest absolute Gasteiger partial charge is 0.398 e. The van der Waals surface area contributed by atoms with E-state index in [4.69, 9.17) is 10.7 Å². The highest BCUT2D eigenvalue weighted by Gasteiger charge is 2.24. The monoisotopic (exact) mass is 288 g/mol. The minimum Gasteiger partial charge on any atom is -0.398 e. The van der Waals surface area contributed by atoms with Gasteiger partial charge in [0.25, 0.3) is 0 Å². The fourth-order valence-corrected chi connectivity index (χ4v) is 3.30. The van der Waals surface area contributed by atoms with Crippen molar-refractivity contribution in [2.75, 3.05) is 17.2 Å². The third-order valence-corrected chi connectivity index (χ3v) is 4.44. The molecule has 0 aliphatic carbocycles. The molecule has 0 spiro atoms. The van der Waals surface area contributed by atoms with Crippen LogP contribution in [0.25, 0.3) is 0 Å². The molecule has 2 N–H and O–H groups in total. The number of nitrogens with zero attached hydrogens (tertiary/aromatic N) is 3. The van der Waals surface area contributed by atoms with E-state index >= 15 is 0 Å². The highest BCUT2D eigenvalue weighted by molar-refractivity contribution is 7.09. The number of fused-ring (bicyclic) bond motifs is 1. The minimum atomic E-state index is 0.00146. The van der Waals surface area contributed by atoms with Gasteiger partial charge in [0.15, 0.2) is 0 Å². The molecule has 2 heterocycles. The van der Waals surface area contributed by atoms with Crippen LogP contribution in [0.1, 0.15) is 37.7 Å². The van der Waals surface area contributed by atoms with Gasteiger partial charge in [-0.05, 0) is 23.6 Å². The Labute approximate surface area is 123 Å². The first-order valence-corrected chi connectivity index (χ1v) is 7.68. The molecule has 0 saturated heterocycles. The zero-order valence-corrected chi connectivity index (χ0v) is 13.0. The van der Waals surface area contributed by atoms with Gasteiger partial charge in [-0.3, -0.25) is 0 Å². The number of rotatable bonds is 1. The summed E-state index contributed by atoms with van der Waals surface area (Å²) in [4.78, 5) is 6.98. The van der Waals surface area contributed by atoms with Crippen LogP contribution in [0, 0.1) is 0 Å². The van der Waals surface area contributed by atoms with Crippen LogP contribution in [-0.4, -0.2) is 15.9 Å². The van der Waals surface area contributed by atoms with Crippen molar-refractivity contribution in [2.24, 2.45) is 0 Å². The van der Waals surface area contributed by atoms with Crippen LogP contribution in [0.15, 0.2) is 18.2 Å². The smallest absolute Gasteiger partial charge is 0.205 e. The number of nitrogen functional groups attached to an aromatic ring is 1. The summed E-state index contributed by atoms with van der Waals surface area (Å²) in [5.74, 6) is 0.921. The van der Waals surface area contributed by atoms with E-state index < -0.39 is 0 Å². The Morgan fingerprint density at radius 3 is 2.80 bits per heavy atom. The maximum Gasteiger partial charge on any atom is 0.205 e. The van der Waals surface area contributed by atoms with Crippen LogP contribution in [0.2, 0.25) is 0 Å². The van der Waals surface area contributed by atoms with Gasteiger partial charge in [-0.2, -0.15) is 4.37 Å². The molecule has 20 heavy (non-hydrogen) atoms. The molecule has 1 aromatic carbocycles. The SMILES string of the molecule is CC(C)(C)c1nsc(N2CCc3cccc(N)c3C2)n1. The Hall–Kier alpha value is -1.62. The van der Waals surface area contributed by atoms with Gasteiger partial charge < -0.3 is 10.6 Å². The van der Waals surface area contributed by atoms with Crippen molar-refractivity contribution in [1.29, 1.82) is 0 Å². The van der Waals surface area contributed by atoms with Crippen LogP contribution in [-0.2, 0) is 18.4 Å². The molecule has 106 valence electrons. The summed E-state index contributed by atoms with van der Waals surface area (Å²) in [6.07, 6.45) is 1.02. The van der Waals surface area contributed by atoms with E-state index in [0.29, 0.717) is 0 Å². The van der Waals surface area contributed by atoms with Crippen molar-refractivity contribution < 1.29 is 0 Å². The topological polar surface area (TPSA) is 55.0 Å². The van der Waals surface area contributed by atoms with Gasteiger partial charge in [0.1, 0.15) is 5.82 Å². The average Bonchev–Trinajstić information content (AvgIpc) is 2.88. The highest BCUT2D eigenvalue weighted by Crippen LogP contribution is 2.30. The van der Waals surface area contributed by atoms with E-state index in [0.717, 1.165) is 36.2 Å². The molecule has 0 atom stereocenters. The number of aromatic nitrogens is 2. The predicted molar refractivity (Wildman–Crippen MR) is 84.2 cm³/mol. The Morgan fingerprint density at radius 1 is 1.30 bits per heavy atom. The van der Waals surface area contributed by atoms with Gasteiger partial charge in [0.05, 0.1) is 0 Å². The molecule has 0 fully saturated rings. The molecule has 0 radical (unpaired) electrons. The number of anilines is 2. The number of nitrogens with two attached hydrogens (primary N) is 1. The van der Waals surface area contributed by atoms with Crippen molar-refractivity contribution >= 4 is 22.4 Å². The lowest BCUT2D eigenvalue weighted by Crippen LogP contribution is -2.31. The second kappa shape index (κ2) is 4.74. The molecule has 0 amide bonds. The fraction of sp³-hybridized carbons (Fsp3) is 0.467. The zero-order valence-electron chi connectivity index (χ0n) is 12.2. The van der Waals surface area contributed by atoms with E-state index in [1.807, 2.05) is 12.1 Å². The van der Waals surface area contributed by atoms with Gasteiger partial charge in [-0.15, -0.1) is 0 Å². The summed E-state index contributed by atoms with van der Waals surface area (Å²) in [6, 6.07) is 6.18. The number of benzene rings is 1. The molecule has 1 aliphatic rings. The van der Waals surface area contributed by atoms with Gasteiger partial charge in [-0.1, -0.05) is 32.9 Å². The Kier molecular flexibility index (Phi) is 3.17. The molecule has 2 aromatic rings. The molecule has 4 nitrogen and oxygen atoms in total. The molecule has 0 saturated carbocycles. The standard InChI is InChI=1S/C15H20N4S/c1-15(2,3)13-17-14(20-18-13)19-8-7-10-5-4-6-12(16)11(10)9-19/h4-6H,7-9,16H2,1-3H3. The van der Waals surface area contributed by atoms with Crippen molar-refractivity contribution in [1.82, 2.24) is 9.36 Å². The molecule has 1 aromatic heterocycles. The normalized spacial score (nSPS) is 15.2. The van der Waals surface area contributed by atoms with Crippen LogP contribution in [0.3, 0.4) is 0 Å². The molecular formula is C15H20N4S. The van der Waals surface area contributed by atoms with Crippen LogP contribution >= 0.6 is 11.5 Å². The lowest BCUT2D eigenvalue weighted by molar-refractivity contribution is 0.553. The quantitative estimate of drug-likeness (QED) is 0.820. The van der Waals surface area contributed by atoms with Crippen LogP contribution < -0.4 is 10.6 Å². The first-order chi connectivity index (χ1) is 9.45. The third-order valence-electron chi connectivity index (χ3n) is 3.67. The summed E-state index contributed by atoms with van der Waals surface area (Å²) < 4.78 is 4.50. The molecule has 1 aliphatic heterocycles. The van der Waals surface area contributed by atoms with Gasteiger partial charge in [-0.25, -0.2) is 4.98 Å². The fourth-order valence-electron chi connectivity index (χ4n) is 2.42. The maximum atomic E-state index is 6.10. The van der Waals surface area contributed by atoms with Crippen molar-refractivity contribution in [3.05, 3.63) is 35.2 Å². The Morgan fingerprint density at radius 2 is 2.10 bits per heavy atom. The second-order valence-electron chi connectivity index (χ2n) is 6.31. The van der Waals surface area contributed by atoms with E-state index in [1.165, 1.54) is 22.7 Å². The van der Waals surface area contributed by atoms with Crippen LogP contribution in [0.5, 0.6) is 0 Å². The summed E-state index contributed by atoms with van der Waals surface area (Å²) in [5.41, 5.74) is 9.59. The van der Waals surface area contributed by atoms with Gasteiger partial charge in [0.2, 0.25) is 5.13 Å². The van der Waals surface area contributed by atoms with Crippen LogP contribution in [0.4, 0.5) is 10.8 Å². The number of hydrogen-bond acceptors (Lipinski definition) is 5. The lowest BCUT2D eigenvalue weighted by Gasteiger charge is -2.29. The summed E-state index contributed by atoms with van der Waals surface area (Å²) >= 11 is 1.49. The molecule has 3 rings (SSSR count).